The zero-order chi connectivity index (χ0) is 8.36. The second kappa shape index (κ2) is 3.79. The molecule has 0 aromatic rings. The lowest BCUT2D eigenvalue weighted by Crippen LogP contribution is -2.32. The normalized spacial score (nSPS) is 15.8. The van der Waals surface area contributed by atoms with Gasteiger partial charge in [0.25, 0.3) is 0 Å². The molecule has 0 aliphatic rings. The molecule has 4 N–H and O–H groups in total. The predicted octanol–water partition coefficient (Wildman–Crippen LogP) is 0.859. The van der Waals surface area contributed by atoms with E-state index in [1.54, 1.807) is 0 Å². The predicted molar refractivity (Wildman–Crippen MR) is 50.2 cm³/mol. The van der Waals surface area contributed by atoms with Crippen LogP contribution in [0.5, 0.6) is 0 Å². The van der Waals surface area contributed by atoms with Crippen LogP contribution in [0.1, 0.15) is 20.3 Å². The average Bonchev–Trinajstić information content (AvgIpc) is 1.83. The van der Waals surface area contributed by atoms with Gasteiger partial charge in [-0.2, -0.15) is 0 Å². The summed E-state index contributed by atoms with van der Waals surface area (Å²) >= 11 is 4.94. The van der Waals surface area contributed by atoms with Crippen LogP contribution in [-0.4, -0.2) is 17.8 Å². The quantitative estimate of drug-likeness (QED) is 0.634. The average molecular weight is 181 g/mol. The summed E-state index contributed by atoms with van der Waals surface area (Å²) in [6.45, 7) is 2.00. The fraction of sp³-hybridized carbons (Fsp3) is 1.00. The van der Waals surface area contributed by atoms with Crippen LogP contribution in [-0.2, 0) is 11.8 Å². The van der Waals surface area contributed by atoms with Gasteiger partial charge >= 0.3 is 0 Å². The van der Waals surface area contributed by atoms with Crippen LogP contribution in [0.2, 0.25) is 0 Å². The van der Waals surface area contributed by atoms with Crippen molar-refractivity contribution in [2.75, 3.05) is 7.05 Å². The summed E-state index contributed by atoms with van der Waals surface area (Å²) in [5.41, 5.74) is 11.2. The first-order chi connectivity index (χ1) is 4.39. The van der Waals surface area contributed by atoms with Gasteiger partial charge < -0.3 is 0 Å². The van der Waals surface area contributed by atoms with E-state index in [2.05, 4.69) is 13.8 Å². The minimum atomic E-state index is -2.16. The topological polar surface area (TPSA) is 55.3 Å². The second-order valence-electron chi connectivity index (χ2n) is 2.50. The van der Waals surface area contributed by atoms with Crippen molar-refractivity contribution < 1.29 is 0 Å². The highest BCUT2D eigenvalue weighted by molar-refractivity contribution is 8.11. The molecule has 0 aliphatic carbocycles. The molecule has 0 aromatic heterocycles. The third kappa shape index (κ3) is 3.08. The van der Waals surface area contributed by atoms with Crippen molar-refractivity contribution in [3.63, 3.8) is 0 Å². The molecule has 0 bridgehead atoms. The maximum atomic E-state index is 5.59. The molecule has 3 nitrogen and oxygen atoms in total. The largest absolute Gasteiger partial charge is 0.279 e. The van der Waals surface area contributed by atoms with Crippen molar-refractivity contribution in [1.29, 1.82) is 0 Å². The van der Waals surface area contributed by atoms with Crippen molar-refractivity contribution in [2.24, 2.45) is 11.0 Å². The van der Waals surface area contributed by atoms with E-state index in [0.717, 1.165) is 6.42 Å². The van der Waals surface area contributed by atoms with Gasteiger partial charge in [0.1, 0.15) is 6.49 Å². The summed E-state index contributed by atoms with van der Waals surface area (Å²) in [6.07, 6.45) is 1.03. The first kappa shape index (κ1) is 10.5. The summed E-state index contributed by atoms with van der Waals surface area (Å²) in [7, 11) is 1.88. The Morgan fingerprint density at radius 3 is 2.10 bits per heavy atom. The van der Waals surface area contributed by atoms with E-state index in [4.69, 9.17) is 22.8 Å². The Morgan fingerprint density at radius 2 is 2.00 bits per heavy atom. The standard InChI is InChI=1S/C5H16N3PS/c1-4-5(2)8(3)9(6,7)10/h5H,4H2,1-3H3,(H4,6,7,10). The molecule has 0 fully saturated rings. The zero-order valence-electron chi connectivity index (χ0n) is 6.74. The highest BCUT2D eigenvalue weighted by Gasteiger charge is 2.16. The van der Waals surface area contributed by atoms with Gasteiger partial charge in [-0.15, -0.1) is 0 Å². The van der Waals surface area contributed by atoms with Crippen molar-refractivity contribution in [1.82, 2.24) is 4.67 Å². The molecule has 0 saturated heterocycles. The molecule has 0 radical (unpaired) electrons. The van der Waals surface area contributed by atoms with Crippen LogP contribution in [0.3, 0.4) is 0 Å². The van der Waals surface area contributed by atoms with Crippen molar-refractivity contribution >= 4 is 18.3 Å². The smallest absolute Gasteiger partial charge is 0.135 e. The third-order valence-electron chi connectivity index (χ3n) is 1.72. The van der Waals surface area contributed by atoms with Crippen LogP contribution in [0.4, 0.5) is 0 Å². The van der Waals surface area contributed by atoms with E-state index in [0.29, 0.717) is 6.04 Å². The number of rotatable bonds is 3. The van der Waals surface area contributed by atoms with Crippen LogP contribution >= 0.6 is 6.49 Å². The Bertz CT molecular complexity index is 144. The summed E-state index contributed by atoms with van der Waals surface area (Å²) in [5.74, 6) is 0. The maximum Gasteiger partial charge on any atom is 0.135 e. The molecular formula is C5H16N3PS. The monoisotopic (exact) mass is 181 g/mol. The minimum absolute atomic E-state index is 0.390. The highest BCUT2D eigenvalue weighted by Crippen LogP contribution is 2.32. The number of hydrogen-bond donors (Lipinski definition) is 2. The Kier molecular flexibility index (Phi) is 3.99. The molecule has 0 amide bonds. The van der Waals surface area contributed by atoms with Gasteiger partial charge in [0.05, 0.1) is 0 Å². The summed E-state index contributed by atoms with van der Waals surface area (Å²) < 4.78 is 1.89. The van der Waals surface area contributed by atoms with Crippen molar-refractivity contribution in [2.45, 2.75) is 26.3 Å². The Balaban J connectivity index is 4.08. The van der Waals surface area contributed by atoms with E-state index >= 15 is 0 Å². The molecule has 1 atom stereocenters. The maximum absolute atomic E-state index is 5.59. The molecule has 5 heteroatoms. The van der Waals surface area contributed by atoms with Gasteiger partial charge in [0.2, 0.25) is 0 Å². The lowest BCUT2D eigenvalue weighted by molar-refractivity contribution is 0.410. The fourth-order valence-electron chi connectivity index (χ4n) is 0.572. The Morgan fingerprint density at radius 1 is 1.60 bits per heavy atom. The van der Waals surface area contributed by atoms with Gasteiger partial charge in [0.15, 0.2) is 0 Å². The molecule has 1 unspecified atom stereocenters. The summed E-state index contributed by atoms with van der Waals surface area (Å²) in [5, 5.41) is 0. The lowest BCUT2D eigenvalue weighted by atomic mass is 10.3. The minimum Gasteiger partial charge on any atom is -0.279 e. The summed E-state index contributed by atoms with van der Waals surface area (Å²) in [6, 6.07) is 0.390. The lowest BCUT2D eigenvalue weighted by Gasteiger charge is -2.29. The van der Waals surface area contributed by atoms with Gasteiger partial charge in [-0.05, 0) is 32.2 Å². The second-order valence-corrected chi connectivity index (χ2v) is 6.23. The first-order valence-electron chi connectivity index (χ1n) is 3.30. The Hall–Kier alpha value is 0.530. The van der Waals surface area contributed by atoms with Crippen LogP contribution in [0, 0.1) is 0 Å². The molecule has 0 aromatic carbocycles. The van der Waals surface area contributed by atoms with E-state index in [1.165, 1.54) is 0 Å². The van der Waals surface area contributed by atoms with Crippen LogP contribution in [0.25, 0.3) is 0 Å². The number of nitrogens with two attached hydrogens (primary N) is 2. The Labute approximate surface area is 67.9 Å². The molecule has 10 heavy (non-hydrogen) atoms. The van der Waals surface area contributed by atoms with E-state index in [1.807, 2.05) is 11.7 Å². The zero-order valence-corrected chi connectivity index (χ0v) is 8.45. The molecule has 0 spiro atoms. The first-order valence-corrected chi connectivity index (χ1v) is 6.19. The third-order valence-corrected chi connectivity index (χ3v) is 3.87. The number of nitrogens with zero attached hydrogens (tertiary/aromatic N) is 1. The fourth-order valence-corrected chi connectivity index (χ4v) is 1.83. The van der Waals surface area contributed by atoms with E-state index < -0.39 is 6.49 Å². The molecule has 0 saturated carbocycles. The van der Waals surface area contributed by atoms with Gasteiger partial charge in [-0.3, -0.25) is 15.7 Å². The molecule has 0 rings (SSSR count). The van der Waals surface area contributed by atoms with Gasteiger partial charge in [-0.1, -0.05) is 6.92 Å². The van der Waals surface area contributed by atoms with Crippen LogP contribution < -0.4 is 11.0 Å². The SMILES string of the molecule is CCC(C)N(C)P(N)(N)=S. The van der Waals surface area contributed by atoms with Gasteiger partial charge in [-0.25, -0.2) is 0 Å². The van der Waals surface area contributed by atoms with Gasteiger partial charge in [0, 0.05) is 6.04 Å². The highest BCUT2D eigenvalue weighted by atomic mass is 32.4. The van der Waals surface area contributed by atoms with Crippen molar-refractivity contribution in [3.05, 3.63) is 0 Å². The summed E-state index contributed by atoms with van der Waals surface area (Å²) in [4.78, 5) is 0. The number of hydrogen-bond acceptors (Lipinski definition) is 1. The van der Waals surface area contributed by atoms with E-state index in [9.17, 15) is 0 Å². The molecule has 62 valence electrons. The van der Waals surface area contributed by atoms with E-state index in [-0.39, 0.29) is 0 Å². The molecule has 0 aliphatic heterocycles. The molecule has 0 heterocycles. The molecular weight excluding hydrogens is 165 g/mol. The van der Waals surface area contributed by atoms with Crippen molar-refractivity contribution in [3.8, 4) is 0 Å². The van der Waals surface area contributed by atoms with Crippen LogP contribution in [0.15, 0.2) is 0 Å².